The lowest BCUT2D eigenvalue weighted by atomic mass is 10.1. The van der Waals surface area contributed by atoms with Gasteiger partial charge in [-0.2, -0.15) is 0 Å². The van der Waals surface area contributed by atoms with E-state index in [2.05, 4.69) is 10.2 Å². The highest BCUT2D eigenvalue weighted by molar-refractivity contribution is 7.18. The van der Waals surface area contributed by atoms with Crippen molar-refractivity contribution < 1.29 is 14.7 Å². The first-order chi connectivity index (χ1) is 13.6. The van der Waals surface area contributed by atoms with Crippen LogP contribution in [0.25, 0.3) is 0 Å². The topological polar surface area (TPSA) is 72.9 Å². The van der Waals surface area contributed by atoms with Crippen molar-refractivity contribution in [1.29, 1.82) is 0 Å². The molecule has 2 aromatic rings. The van der Waals surface area contributed by atoms with Gasteiger partial charge in [-0.3, -0.25) is 14.5 Å². The highest BCUT2D eigenvalue weighted by Crippen LogP contribution is 2.29. The first-order valence-electron chi connectivity index (χ1n) is 9.54. The Kier molecular flexibility index (Phi) is 6.63. The van der Waals surface area contributed by atoms with Crippen LogP contribution in [0.1, 0.15) is 39.4 Å². The van der Waals surface area contributed by atoms with Crippen LogP contribution in [0.4, 0.5) is 5.00 Å². The van der Waals surface area contributed by atoms with Gasteiger partial charge in [0.25, 0.3) is 11.8 Å². The molecule has 8 heteroatoms. The van der Waals surface area contributed by atoms with E-state index in [-0.39, 0.29) is 11.8 Å². The molecule has 2 amide bonds. The summed E-state index contributed by atoms with van der Waals surface area (Å²) in [4.78, 5) is 30.1. The van der Waals surface area contributed by atoms with E-state index < -0.39 is 5.60 Å². The number of hydrogen-bond donors (Lipinski definition) is 2. The van der Waals surface area contributed by atoms with Crippen molar-refractivity contribution in [2.75, 3.05) is 38.0 Å². The fraction of sp³-hybridized carbons (Fsp3) is 0.429. The molecule has 1 aromatic heterocycles. The molecule has 0 bridgehead atoms. The number of benzene rings is 1. The minimum Gasteiger partial charge on any atom is -0.389 e. The number of rotatable bonds is 5. The summed E-state index contributed by atoms with van der Waals surface area (Å²) in [7, 11) is 0. The molecule has 3 rings (SSSR count). The van der Waals surface area contributed by atoms with Crippen LogP contribution < -0.4 is 5.32 Å². The third kappa shape index (κ3) is 5.57. The van der Waals surface area contributed by atoms with E-state index >= 15 is 0 Å². The number of aliphatic hydroxyl groups is 1. The fourth-order valence-corrected chi connectivity index (χ4v) is 4.64. The van der Waals surface area contributed by atoms with Crippen LogP contribution >= 0.6 is 22.9 Å². The predicted molar refractivity (Wildman–Crippen MR) is 117 cm³/mol. The molecule has 1 aliphatic heterocycles. The van der Waals surface area contributed by atoms with Crippen molar-refractivity contribution in [1.82, 2.24) is 9.80 Å². The van der Waals surface area contributed by atoms with Crippen molar-refractivity contribution in [3.8, 4) is 0 Å². The van der Waals surface area contributed by atoms with Crippen LogP contribution in [0.5, 0.6) is 0 Å². The van der Waals surface area contributed by atoms with Crippen molar-refractivity contribution >= 4 is 39.8 Å². The number of anilines is 1. The van der Waals surface area contributed by atoms with E-state index in [0.717, 1.165) is 18.7 Å². The highest BCUT2D eigenvalue weighted by atomic mass is 35.5. The smallest absolute Gasteiger partial charge is 0.264 e. The first-order valence-corrected chi connectivity index (χ1v) is 10.7. The molecule has 1 saturated heterocycles. The average molecular weight is 436 g/mol. The number of carbonyl (C=O) groups is 2. The first kappa shape index (κ1) is 21.8. The summed E-state index contributed by atoms with van der Waals surface area (Å²) in [6.45, 7) is 8.74. The second-order valence-electron chi connectivity index (χ2n) is 7.94. The summed E-state index contributed by atoms with van der Waals surface area (Å²) in [6, 6.07) is 8.68. The molecule has 1 aliphatic rings. The van der Waals surface area contributed by atoms with E-state index in [9.17, 15) is 14.7 Å². The second kappa shape index (κ2) is 8.83. The minimum atomic E-state index is -0.745. The van der Waals surface area contributed by atoms with Gasteiger partial charge < -0.3 is 15.3 Å². The molecular formula is C21H26ClN3O3S. The Morgan fingerprint density at radius 3 is 2.48 bits per heavy atom. The van der Waals surface area contributed by atoms with Gasteiger partial charge in [-0.15, -0.1) is 11.3 Å². The van der Waals surface area contributed by atoms with Crippen LogP contribution in [0, 0.1) is 6.92 Å². The number of nitrogens with zero attached hydrogens (tertiary/aromatic N) is 2. The molecule has 156 valence electrons. The molecule has 0 atom stereocenters. The van der Waals surface area contributed by atoms with Crippen molar-refractivity contribution in [3.05, 3.63) is 51.4 Å². The number of thiophene rings is 1. The number of aryl methyl sites for hydroxylation is 1. The zero-order valence-corrected chi connectivity index (χ0v) is 18.4. The molecule has 6 nitrogen and oxygen atoms in total. The van der Waals surface area contributed by atoms with Gasteiger partial charge in [-0.25, -0.2) is 0 Å². The van der Waals surface area contributed by atoms with Gasteiger partial charge in [-0.1, -0.05) is 23.7 Å². The van der Waals surface area contributed by atoms with E-state index in [1.54, 1.807) is 38.1 Å². The minimum absolute atomic E-state index is 0.0198. The standard InChI is InChI=1S/C21H26ClN3O3S/c1-14-12-17(23-19(26)15-6-4-5-7-16(15)22)29-18(14)20(27)25-10-8-24(9-11-25)13-21(2,3)28/h4-7,12,28H,8-11,13H2,1-3H3,(H,23,26). The van der Waals surface area contributed by atoms with E-state index in [0.29, 0.717) is 40.1 Å². The van der Waals surface area contributed by atoms with Crippen molar-refractivity contribution in [2.24, 2.45) is 0 Å². The Morgan fingerprint density at radius 1 is 1.21 bits per heavy atom. The van der Waals surface area contributed by atoms with Gasteiger partial charge in [0.05, 0.1) is 26.1 Å². The highest BCUT2D eigenvalue weighted by Gasteiger charge is 2.27. The van der Waals surface area contributed by atoms with Gasteiger partial charge in [0.1, 0.15) is 0 Å². The van der Waals surface area contributed by atoms with E-state index in [1.165, 1.54) is 11.3 Å². The maximum atomic E-state index is 13.0. The second-order valence-corrected chi connectivity index (χ2v) is 9.40. The third-order valence-electron chi connectivity index (χ3n) is 4.74. The molecule has 0 saturated carbocycles. The molecule has 0 aliphatic carbocycles. The van der Waals surface area contributed by atoms with Gasteiger partial charge in [-0.05, 0) is 44.5 Å². The van der Waals surface area contributed by atoms with Gasteiger partial charge in [0.15, 0.2) is 0 Å². The van der Waals surface area contributed by atoms with Crippen LogP contribution in [-0.4, -0.2) is 65.0 Å². The van der Waals surface area contributed by atoms with E-state index in [1.807, 2.05) is 17.9 Å². The Balaban J connectivity index is 1.64. The number of carbonyl (C=O) groups excluding carboxylic acids is 2. The Hall–Kier alpha value is -1.93. The molecule has 2 heterocycles. The van der Waals surface area contributed by atoms with Gasteiger partial charge in [0, 0.05) is 32.7 Å². The van der Waals surface area contributed by atoms with E-state index in [4.69, 9.17) is 11.6 Å². The SMILES string of the molecule is Cc1cc(NC(=O)c2ccccc2Cl)sc1C(=O)N1CCN(CC(C)(C)O)CC1. The normalized spacial score (nSPS) is 15.4. The number of hydrogen-bond acceptors (Lipinski definition) is 5. The summed E-state index contributed by atoms with van der Waals surface area (Å²) in [5.74, 6) is -0.315. The predicted octanol–water partition coefficient (Wildman–Crippen LogP) is 3.49. The summed E-state index contributed by atoms with van der Waals surface area (Å²) in [5, 5.41) is 13.8. The Bertz CT molecular complexity index is 899. The maximum absolute atomic E-state index is 13.0. The number of piperazine rings is 1. The van der Waals surface area contributed by atoms with Crippen molar-refractivity contribution in [2.45, 2.75) is 26.4 Å². The monoisotopic (exact) mass is 435 g/mol. The average Bonchev–Trinajstić information content (AvgIpc) is 3.01. The third-order valence-corrected chi connectivity index (χ3v) is 6.21. The molecule has 29 heavy (non-hydrogen) atoms. The largest absolute Gasteiger partial charge is 0.389 e. The molecular weight excluding hydrogens is 410 g/mol. The fourth-order valence-electron chi connectivity index (χ4n) is 3.38. The molecule has 0 radical (unpaired) electrons. The van der Waals surface area contributed by atoms with Crippen LogP contribution in [0.3, 0.4) is 0 Å². The lowest BCUT2D eigenvalue weighted by Gasteiger charge is -2.37. The molecule has 0 spiro atoms. The zero-order chi connectivity index (χ0) is 21.2. The Labute approximate surface area is 180 Å². The lowest BCUT2D eigenvalue weighted by Crippen LogP contribution is -2.51. The number of nitrogens with one attached hydrogen (secondary N) is 1. The Morgan fingerprint density at radius 2 is 1.86 bits per heavy atom. The lowest BCUT2D eigenvalue weighted by molar-refractivity contribution is 0.0179. The van der Waals surface area contributed by atoms with Crippen LogP contribution in [0.15, 0.2) is 30.3 Å². The molecule has 1 aromatic carbocycles. The summed E-state index contributed by atoms with van der Waals surface area (Å²) >= 11 is 7.37. The summed E-state index contributed by atoms with van der Waals surface area (Å²) in [5.41, 5.74) is 0.495. The molecule has 1 fully saturated rings. The molecule has 0 unspecified atom stereocenters. The maximum Gasteiger partial charge on any atom is 0.264 e. The summed E-state index contributed by atoms with van der Waals surface area (Å²) < 4.78 is 0. The zero-order valence-electron chi connectivity index (χ0n) is 16.9. The van der Waals surface area contributed by atoms with Crippen LogP contribution in [0.2, 0.25) is 5.02 Å². The van der Waals surface area contributed by atoms with Crippen molar-refractivity contribution in [3.63, 3.8) is 0 Å². The van der Waals surface area contributed by atoms with Gasteiger partial charge >= 0.3 is 0 Å². The number of halogens is 1. The quantitative estimate of drug-likeness (QED) is 0.754. The van der Waals surface area contributed by atoms with Crippen LogP contribution in [-0.2, 0) is 0 Å². The number of amides is 2. The summed E-state index contributed by atoms with van der Waals surface area (Å²) in [6.07, 6.45) is 0. The number of β-amino-alcohol motifs (C(OH)–C–C–N with tert-alkyl or cyclic N) is 1. The van der Waals surface area contributed by atoms with Gasteiger partial charge in [0.2, 0.25) is 0 Å². The molecule has 2 N–H and O–H groups in total.